The van der Waals surface area contributed by atoms with Crippen molar-refractivity contribution in [2.45, 2.75) is 31.9 Å². The molecule has 0 saturated carbocycles. The fraction of sp³-hybridized carbons (Fsp3) is 0.462. The Kier molecular flexibility index (Phi) is 5.48. The largest absolute Gasteiger partial charge is 0.293 e. The number of halogens is 1. The van der Waals surface area contributed by atoms with Gasteiger partial charge in [-0.15, -0.1) is 0 Å². The van der Waals surface area contributed by atoms with E-state index in [4.69, 9.17) is 0 Å². The molecule has 0 N–H and O–H groups in total. The van der Waals surface area contributed by atoms with Crippen molar-refractivity contribution in [1.82, 2.24) is 0 Å². The van der Waals surface area contributed by atoms with Gasteiger partial charge in [0.05, 0.1) is 5.25 Å². The van der Waals surface area contributed by atoms with Gasteiger partial charge in [0.25, 0.3) is 0 Å². The van der Waals surface area contributed by atoms with E-state index in [1.165, 1.54) is 24.3 Å². The van der Waals surface area contributed by atoms with Gasteiger partial charge in [-0.1, -0.05) is 13.3 Å². The van der Waals surface area contributed by atoms with Gasteiger partial charge >= 0.3 is 0 Å². The molecule has 0 radical (unpaired) electrons. The molecule has 0 aliphatic heterocycles. The van der Waals surface area contributed by atoms with E-state index < -0.39 is 16.0 Å². The summed E-state index contributed by atoms with van der Waals surface area (Å²) in [6.07, 6.45) is 1.82. The second kappa shape index (κ2) is 6.64. The topological polar surface area (TPSA) is 34.1 Å². The van der Waals surface area contributed by atoms with Gasteiger partial charge in [0.2, 0.25) is 0 Å². The van der Waals surface area contributed by atoms with Crippen LogP contribution in [-0.2, 0) is 10.8 Å². The molecular formula is C13H17FO2S. The fourth-order valence-electron chi connectivity index (χ4n) is 1.43. The van der Waals surface area contributed by atoms with Gasteiger partial charge in [-0.05, 0) is 37.6 Å². The van der Waals surface area contributed by atoms with Gasteiger partial charge in [-0.25, -0.2) is 4.39 Å². The summed E-state index contributed by atoms with van der Waals surface area (Å²) in [6.45, 7) is 3.68. The number of Topliss-reactive ketones (excluding diaryl/α,β-unsaturated/α-hetero) is 1. The van der Waals surface area contributed by atoms with Crippen LogP contribution < -0.4 is 0 Å². The molecule has 0 amide bonds. The predicted molar refractivity (Wildman–Crippen MR) is 68.1 cm³/mol. The first-order chi connectivity index (χ1) is 8.06. The third kappa shape index (κ3) is 4.04. The summed E-state index contributed by atoms with van der Waals surface area (Å²) in [5.74, 6) is -0.00863. The van der Waals surface area contributed by atoms with Crippen LogP contribution in [0, 0.1) is 5.82 Å². The summed E-state index contributed by atoms with van der Waals surface area (Å²) in [5.41, 5.74) is 0.420. The minimum absolute atomic E-state index is 0.181. The standard InChI is InChI=1S/C13H17FO2S/c1-3-4-9-17(16)10(2)13(15)11-5-7-12(14)8-6-11/h5-8,10H,3-4,9H2,1-2H3. The summed E-state index contributed by atoms with van der Waals surface area (Å²) in [5, 5.41) is -0.521. The molecule has 0 aliphatic rings. The van der Waals surface area contributed by atoms with E-state index in [1.807, 2.05) is 6.92 Å². The summed E-state index contributed by atoms with van der Waals surface area (Å²) >= 11 is 0. The highest BCUT2D eigenvalue weighted by atomic mass is 32.2. The zero-order chi connectivity index (χ0) is 12.8. The van der Waals surface area contributed by atoms with Crippen molar-refractivity contribution in [2.24, 2.45) is 0 Å². The van der Waals surface area contributed by atoms with E-state index in [2.05, 4.69) is 0 Å². The van der Waals surface area contributed by atoms with Crippen molar-refractivity contribution in [3.8, 4) is 0 Å². The Morgan fingerprint density at radius 2 is 1.94 bits per heavy atom. The van der Waals surface area contributed by atoms with Crippen molar-refractivity contribution in [2.75, 3.05) is 5.75 Å². The number of benzene rings is 1. The maximum absolute atomic E-state index is 12.7. The summed E-state index contributed by atoms with van der Waals surface area (Å²) in [6, 6.07) is 5.36. The second-order valence-corrected chi connectivity index (χ2v) is 5.83. The lowest BCUT2D eigenvalue weighted by atomic mass is 10.1. The average Bonchev–Trinajstić information content (AvgIpc) is 2.35. The Balaban J connectivity index is 2.69. The van der Waals surface area contributed by atoms with Crippen LogP contribution >= 0.6 is 0 Å². The SMILES string of the molecule is CCCCS(=O)C(C)C(=O)c1ccc(F)cc1. The number of carbonyl (C=O) groups excluding carboxylic acids is 1. The number of hydrogen-bond donors (Lipinski definition) is 0. The quantitative estimate of drug-likeness (QED) is 0.733. The normalized spacial score (nSPS) is 14.3. The van der Waals surface area contributed by atoms with Crippen LogP contribution in [0.4, 0.5) is 4.39 Å². The van der Waals surface area contributed by atoms with E-state index in [0.29, 0.717) is 11.3 Å². The van der Waals surface area contributed by atoms with Crippen molar-refractivity contribution < 1.29 is 13.4 Å². The molecule has 1 rings (SSSR count). The zero-order valence-electron chi connectivity index (χ0n) is 10.1. The van der Waals surface area contributed by atoms with Crippen LogP contribution in [0.25, 0.3) is 0 Å². The van der Waals surface area contributed by atoms with Crippen LogP contribution in [0.5, 0.6) is 0 Å². The Morgan fingerprint density at radius 1 is 1.35 bits per heavy atom. The van der Waals surface area contributed by atoms with E-state index >= 15 is 0 Å². The molecule has 0 spiro atoms. The lowest BCUT2D eigenvalue weighted by Gasteiger charge is -2.10. The Labute approximate surface area is 104 Å². The molecule has 0 saturated heterocycles. The second-order valence-electron chi connectivity index (χ2n) is 3.95. The third-order valence-corrected chi connectivity index (χ3v) is 4.29. The molecule has 4 heteroatoms. The molecule has 94 valence electrons. The van der Waals surface area contributed by atoms with Crippen molar-refractivity contribution in [1.29, 1.82) is 0 Å². The Hall–Kier alpha value is -1.03. The minimum atomic E-state index is -1.14. The van der Waals surface area contributed by atoms with Gasteiger partial charge in [-0.2, -0.15) is 0 Å². The molecule has 1 aromatic rings. The summed E-state index contributed by atoms with van der Waals surface area (Å²) < 4.78 is 24.5. The first kappa shape index (κ1) is 14.0. The maximum atomic E-state index is 12.7. The van der Waals surface area contributed by atoms with Crippen LogP contribution in [0.3, 0.4) is 0 Å². The fourth-order valence-corrected chi connectivity index (χ4v) is 2.73. The molecule has 0 aromatic heterocycles. The lowest BCUT2D eigenvalue weighted by Crippen LogP contribution is -2.24. The monoisotopic (exact) mass is 256 g/mol. The summed E-state index contributed by atoms with van der Waals surface area (Å²) in [4.78, 5) is 11.9. The van der Waals surface area contributed by atoms with Crippen LogP contribution in [-0.4, -0.2) is 21.0 Å². The molecule has 2 nitrogen and oxygen atoms in total. The highest BCUT2D eigenvalue weighted by Crippen LogP contribution is 2.10. The molecule has 17 heavy (non-hydrogen) atoms. The zero-order valence-corrected chi connectivity index (χ0v) is 10.9. The molecule has 0 aliphatic carbocycles. The summed E-state index contributed by atoms with van der Waals surface area (Å²) in [7, 11) is -1.14. The van der Waals surface area contributed by atoms with Crippen molar-refractivity contribution >= 4 is 16.6 Å². The van der Waals surface area contributed by atoms with Crippen molar-refractivity contribution in [3.63, 3.8) is 0 Å². The highest BCUT2D eigenvalue weighted by molar-refractivity contribution is 7.86. The van der Waals surface area contributed by atoms with E-state index in [0.717, 1.165) is 12.8 Å². The Morgan fingerprint density at radius 3 is 2.47 bits per heavy atom. The predicted octanol–water partition coefficient (Wildman–Crippen LogP) is 2.95. The van der Waals surface area contributed by atoms with Gasteiger partial charge in [0, 0.05) is 22.1 Å². The van der Waals surface area contributed by atoms with Gasteiger partial charge in [0.15, 0.2) is 5.78 Å². The molecule has 0 bridgehead atoms. The highest BCUT2D eigenvalue weighted by Gasteiger charge is 2.20. The molecule has 0 fully saturated rings. The van der Waals surface area contributed by atoms with Gasteiger partial charge in [0.1, 0.15) is 5.82 Å². The average molecular weight is 256 g/mol. The van der Waals surface area contributed by atoms with E-state index in [-0.39, 0.29) is 11.6 Å². The van der Waals surface area contributed by atoms with Crippen LogP contribution in [0.2, 0.25) is 0 Å². The van der Waals surface area contributed by atoms with Gasteiger partial charge < -0.3 is 0 Å². The molecule has 2 unspecified atom stereocenters. The smallest absolute Gasteiger partial charge is 0.178 e. The van der Waals surface area contributed by atoms with Crippen LogP contribution in [0.15, 0.2) is 24.3 Å². The number of ketones is 1. The minimum Gasteiger partial charge on any atom is -0.293 e. The number of unbranched alkanes of at least 4 members (excludes halogenated alkanes) is 1. The van der Waals surface area contributed by atoms with Crippen LogP contribution in [0.1, 0.15) is 37.0 Å². The number of carbonyl (C=O) groups is 1. The molecule has 1 aromatic carbocycles. The Bertz CT molecular complexity index is 400. The van der Waals surface area contributed by atoms with Gasteiger partial charge in [-0.3, -0.25) is 9.00 Å². The van der Waals surface area contributed by atoms with Crippen molar-refractivity contribution in [3.05, 3.63) is 35.6 Å². The molecule has 0 heterocycles. The van der Waals surface area contributed by atoms with E-state index in [9.17, 15) is 13.4 Å². The maximum Gasteiger partial charge on any atom is 0.178 e. The van der Waals surface area contributed by atoms with E-state index in [1.54, 1.807) is 6.92 Å². The first-order valence-corrected chi connectivity index (χ1v) is 7.11. The molecule has 2 atom stereocenters. The number of rotatable bonds is 6. The first-order valence-electron chi connectivity index (χ1n) is 5.73. The third-order valence-electron chi connectivity index (χ3n) is 2.59. The lowest BCUT2D eigenvalue weighted by molar-refractivity contribution is 0.0992. The number of hydrogen-bond acceptors (Lipinski definition) is 2. The molecular weight excluding hydrogens is 239 g/mol.